The van der Waals surface area contributed by atoms with Crippen LogP contribution in [0.5, 0.6) is 0 Å². The minimum absolute atomic E-state index is 0.0639. The van der Waals surface area contributed by atoms with E-state index in [1.54, 1.807) is 0 Å². The van der Waals surface area contributed by atoms with Crippen LogP contribution in [0.3, 0.4) is 0 Å². The van der Waals surface area contributed by atoms with Crippen LogP contribution >= 0.6 is 24.2 Å². The van der Waals surface area contributed by atoms with E-state index in [-0.39, 0.29) is 6.10 Å². The van der Waals surface area contributed by atoms with Gasteiger partial charge in [0.2, 0.25) is 0 Å². The third-order valence-electron chi connectivity index (χ3n) is 2.51. The molecule has 0 aliphatic carbocycles. The lowest BCUT2D eigenvalue weighted by Gasteiger charge is -2.23. The first-order chi connectivity index (χ1) is 7.14. The standard InChI is InChI=1S/C11H13ClO2S/c1-11(13-6-10(7-15)14-11)8-2-4-9(12)5-3-8/h2-5,10,15H,6-7H2,1H3/t10-,11+/m0/s1. The van der Waals surface area contributed by atoms with E-state index >= 15 is 0 Å². The molecule has 1 fully saturated rings. The molecule has 0 N–H and O–H groups in total. The van der Waals surface area contributed by atoms with E-state index in [1.165, 1.54) is 0 Å². The highest BCUT2D eigenvalue weighted by molar-refractivity contribution is 7.80. The molecule has 0 spiro atoms. The fourth-order valence-electron chi connectivity index (χ4n) is 1.63. The Hall–Kier alpha value is -0.220. The van der Waals surface area contributed by atoms with E-state index in [0.29, 0.717) is 17.4 Å². The van der Waals surface area contributed by atoms with Gasteiger partial charge in [-0.2, -0.15) is 12.6 Å². The summed E-state index contributed by atoms with van der Waals surface area (Å²) >= 11 is 10.0. The molecule has 1 aliphatic rings. The van der Waals surface area contributed by atoms with Crippen LogP contribution < -0.4 is 0 Å². The van der Waals surface area contributed by atoms with Crippen molar-refractivity contribution in [2.24, 2.45) is 0 Å². The first-order valence-corrected chi connectivity index (χ1v) is 5.84. The van der Waals surface area contributed by atoms with Crippen LogP contribution in [0, 0.1) is 0 Å². The van der Waals surface area contributed by atoms with Crippen molar-refractivity contribution >= 4 is 24.2 Å². The number of rotatable bonds is 2. The molecule has 0 amide bonds. The van der Waals surface area contributed by atoms with Gasteiger partial charge in [0.25, 0.3) is 0 Å². The number of halogens is 1. The normalized spacial score (nSPS) is 30.7. The Bertz CT molecular complexity index is 341. The number of thiol groups is 1. The summed E-state index contributed by atoms with van der Waals surface area (Å²) in [5, 5.41) is 0.714. The second-order valence-electron chi connectivity index (χ2n) is 3.69. The Kier molecular flexibility index (Phi) is 3.26. The van der Waals surface area contributed by atoms with E-state index in [9.17, 15) is 0 Å². The number of hydrogen-bond acceptors (Lipinski definition) is 3. The lowest BCUT2D eigenvalue weighted by molar-refractivity contribution is -0.159. The Balaban J connectivity index is 2.20. The van der Waals surface area contributed by atoms with Crippen LogP contribution in [-0.4, -0.2) is 18.5 Å². The fraction of sp³-hybridized carbons (Fsp3) is 0.455. The molecule has 0 aromatic heterocycles. The molecule has 4 heteroatoms. The molecule has 1 aromatic carbocycles. The molecule has 1 heterocycles. The molecule has 2 rings (SSSR count). The van der Waals surface area contributed by atoms with Gasteiger partial charge in [-0.1, -0.05) is 23.7 Å². The minimum Gasteiger partial charge on any atom is -0.343 e. The Labute approximate surface area is 99.9 Å². The highest BCUT2D eigenvalue weighted by Gasteiger charge is 2.38. The van der Waals surface area contributed by atoms with Gasteiger partial charge in [0.1, 0.15) is 0 Å². The number of ether oxygens (including phenoxy) is 2. The molecular weight excluding hydrogens is 232 g/mol. The van der Waals surface area contributed by atoms with Crippen LogP contribution in [0.25, 0.3) is 0 Å². The molecule has 0 saturated carbocycles. The minimum atomic E-state index is -0.655. The number of benzene rings is 1. The van der Waals surface area contributed by atoms with Crippen molar-refractivity contribution in [3.8, 4) is 0 Å². The van der Waals surface area contributed by atoms with Crippen molar-refractivity contribution in [3.63, 3.8) is 0 Å². The van der Waals surface area contributed by atoms with Crippen LogP contribution in [-0.2, 0) is 15.3 Å². The lowest BCUT2D eigenvalue weighted by Crippen LogP contribution is -2.24. The maximum Gasteiger partial charge on any atom is 0.192 e. The smallest absolute Gasteiger partial charge is 0.192 e. The van der Waals surface area contributed by atoms with E-state index in [0.717, 1.165) is 5.56 Å². The SMILES string of the molecule is C[C@@]1(c2ccc(Cl)cc2)OC[C@@H](CS)O1. The van der Waals surface area contributed by atoms with Crippen LogP contribution in [0.15, 0.2) is 24.3 Å². The molecule has 0 bridgehead atoms. The molecular formula is C11H13ClO2S. The Morgan fingerprint density at radius 2 is 2.13 bits per heavy atom. The zero-order chi connectivity index (χ0) is 10.9. The molecule has 0 radical (unpaired) electrons. The maximum atomic E-state index is 5.83. The second-order valence-corrected chi connectivity index (χ2v) is 4.49. The molecule has 1 aromatic rings. The van der Waals surface area contributed by atoms with Gasteiger partial charge in [-0.3, -0.25) is 0 Å². The topological polar surface area (TPSA) is 18.5 Å². The third-order valence-corrected chi connectivity index (χ3v) is 3.17. The summed E-state index contributed by atoms with van der Waals surface area (Å²) < 4.78 is 11.4. The van der Waals surface area contributed by atoms with E-state index in [1.807, 2.05) is 31.2 Å². The van der Waals surface area contributed by atoms with Crippen molar-refractivity contribution in [1.82, 2.24) is 0 Å². The van der Waals surface area contributed by atoms with Crippen LogP contribution in [0.2, 0.25) is 5.02 Å². The largest absolute Gasteiger partial charge is 0.343 e. The summed E-state index contributed by atoms with van der Waals surface area (Å²) in [4.78, 5) is 0. The summed E-state index contributed by atoms with van der Waals surface area (Å²) in [6.07, 6.45) is 0.0639. The van der Waals surface area contributed by atoms with Gasteiger partial charge in [-0.25, -0.2) is 0 Å². The summed E-state index contributed by atoms with van der Waals surface area (Å²) in [6.45, 7) is 2.50. The predicted molar refractivity (Wildman–Crippen MR) is 63.5 cm³/mol. The fourth-order valence-corrected chi connectivity index (χ4v) is 1.94. The van der Waals surface area contributed by atoms with Gasteiger partial charge < -0.3 is 9.47 Å². The highest BCUT2D eigenvalue weighted by Crippen LogP contribution is 2.34. The third kappa shape index (κ3) is 2.31. The van der Waals surface area contributed by atoms with Gasteiger partial charge in [-0.05, 0) is 19.1 Å². The van der Waals surface area contributed by atoms with Crippen molar-refractivity contribution in [3.05, 3.63) is 34.9 Å². The molecule has 82 valence electrons. The van der Waals surface area contributed by atoms with Gasteiger partial charge in [0, 0.05) is 16.3 Å². The predicted octanol–water partition coefficient (Wildman–Crippen LogP) is 2.86. The first-order valence-electron chi connectivity index (χ1n) is 4.83. The molecule has 1 aliphatic heterocycles. The van der Waals surface area contributed by atoms with Crippen molar-refractivity contribution in [2.75, 3.05) is 12.4 Å². The Morgan fingerprint density at radius 1 is 1.47 bits per heavy atom. The van der Waals surface area contributed by atoms with E-state index in [4.69, 9.17) is 21.1 Å². The van der Waals surface area contributed by atoms with Gasteiger partial charge >= 0.3 is 0 Å². The van der Waals surface area contributed by atoms with Crippen molar-refractivity contribution in [2.45, 2.75) is 18.8 Å². The van der Waals surface area contributed by atoms with Crippen molar-refractivity contribution in [1.29, 1.82) is 0 Å². The second kappa shape index (κ2) is 4.34. The monoisotopic (exact) mass is 244 g/mol. The number of hydrogen-bond donors (Lipinski definition) is 1. The quantitative estimate of drug-likeness (QED) is 0.807. The first kappa shape index (κ1) is 11.3. The zero-order valence-electron chi connectivity index (χ0n) is 8.44. The molecule has 2 atom stereocenters. The van der Waals surface area contributed by atoms with Crippen molar-refractivity contribution < 1.29 is 9.47 Å². The van der Waals surface area contributed by atoms with Gasteiger partial charge in [0.05, 0.1) is 12.7 Å². The maximum absolute atomic E-state index is 5.83. The molecule has 2 nitrogen and oxygen atoms in total. The van der Waals surface area contributed by atoms with Gasteiger partial charge in [-0.15, -0.1) is 0 Å². The highest BCUT2D eigenvalue weighted by atomic mass is 35.5. The van der Waals surface area contributed by atoms with Crippen LogP contribution in [0.4, 0.5) is 0 Å². The van der Waals surface area contributed by atoms with Gasteiger partial charge in [0.15, 0.2) is 5.79 Å². The summed E-state index contributed by atoms with van der Waals surface area (Å²) in [5.41, 5.74) is 0.983. The summed E-state index contributed by atoms with van der Waals surface area (Å²) in [7, 11) is 0. The van der Waals surface area contributed by atoms with E-state index in [2.05, 4.69) is 12.6 Å². The average molecular weight is 245 g/mol. The summed E-state index contributed by atoms with van der Waals surface area (Å²) in [5.74, 6) is 0.0150. The molecule has 0 unspecified atom stereocenters. The lowest BCUT2D eigenvalue weighted by atomic mass is 10.1. The molecule has 15 heavy (non-hydrogen) atoms. The van der Waals surface area contributed by atoms with Crippen LogP contribution in [0.1, 0.15) is 12.5 Å². The molecule has 1 saturated heterocycles. The Morgan fingerprint density at radius 3 is 2.67 bits per heavy atom. The zero-order valence-corrected chi connectivity index (χ0v) is 10.1. The summed E-state index contributed by atoms with van der Waals surface area (Å²) in [6, 6.07) is 7.51. The average Bonchev–Trinajstić information content (AvgIpc) is 2.62. The van der Waals surface area contributed by atoms with E-state index < -0.39 is 5.79 Å².